The van der Waals surface area contributed by atoms with Crippen LogP contribution in [0, 0.1) is 5.92 Å². The zero-order valence-corrected chi connectivity index (χ0v) is 11.3. The van der Waals surface area contributed by atoms with Gasteiger partial charge in [0.15, 0.2) is 0 Å². The van der Waals surface area contributed by atoms with Crippen molar-refractivity contribution < 1.29 is 5.11 Å². The van der Waals surface area contributed by atoms with E-state index in [-0.39, 0.29) is 6.04 Å². The van der Waals surface area contributed by atoms with Gasteiger partial charge in [0.1, 0.15) is 0 Å². The lowest BCUT2D eigenvalue weighted by Crippen LogP contribution is -2.27. The average molecular weight is 335 g/mol. The van der Waals surface area contributed by atoms with E-state index >= 15 is 0 Å². The molecular formula is C11H13Br2NO. The molecule has 1 aromatic carbocycles. The monoisotopic (exact) mass is 333 g/mol. The van der Waals surface area contributed by atoms with Crippen LogP contribution in [0.2, 0.25) is 0 Å². The van der Waals surface area contributed by atoms with Crippen molar-refractivity contribution in [1.82, 2.24) is 0 Å². The van der Waals surface area contributed by atoms with Crippen molar-refractivity contribution in [3.63, 3.8) is 0 Å². The summed E-state index contributed by atoms with van der Waals surface area (Å²) in [6.07, 6.45) is 1.80. The van der Waals surface area contributed by atoms with E-state index < -0.39 is 6.10 Å². The quantitative estimate of drug-likeness (QED) is 0.892. The van der Waals surface area contributed by atoms with E-state index in [0.29, 0.717) is 5.92 Å². The number of hydrogen-bond donors (Lipinski definition) is 2. The smallest absolute Gasteiger partial charge is 0.0760 e. The molecule has 0 spiro atoms. The van der Waals surface area contributed by atoms with E-state index in [9.17, 15) is 5.11 Å². The second-order valence-corrected chi connectivity index (χ2v) is 5.74. The Morgan fingerprint density at radius 3 is 2.47 bits per heavy atom. The Labute approximate surface area is 106 Å². The summed E-state index contributed by atoms with van der Waals surface area (Å²) in [6.45, 7) is 0. The molecule has 1 aliphatic rings. The van der Waals surface area contributed by atoms with Crippen LogP contribution in [0.25, 0.3) is 0 Å². The fourth-order valence-corrected chi connectivity index (χ4v) is 2.29. The summed E-state index contributed by atoms with van der Waals surface area (Å²) < 4.78 is 1.97. The first-order valence-electron chi connectivity index (χ1n) is 4.98. The number of benzene rings is 1. The zero-order valence-electron chi connectivity index (χ0n) is 8.16. The van der Waals surface area contributed by atoms with Crippen molar-refractivity contribution >= 4 is 31.9 Å². The lowest BCUT2D eigenvalue weighted by atomic mass is 9.99. The Balaban J connectivity index is 2.17. The molecule has 15 heavy (non-hydrogen) atoms. The van der Waals surface area contributed by atoms with Gasteiger partial charge in [-0.1, -0.05) is 6.07 Å². The third-order valence-electron chi connectivity index (χ3n) is 2.80. The van der Waals surface area contributed by atoms with Gasteiger partial charge in [-0.05, 0) is 68.3 Å². The van der Waals surface area contributed by atoms with E-state index in [1.165, 1.54) is 0 Å². The van der Waals surface area contributed by atoms with Crippen LogP contribution in [-0.2, 0) is 0 Å². The highest BCUT2D eigenvalue weighted by molar-refractivity contribution is 9.13. The van der Waals surface area contributed by atoms with Crippen molar-refractivity contribution in [1.29, 1.82) is 0 Å². The largest absolute Gasteiger partial charge is 0.391 e. The van der Waals surface area contributed by atoms with Crippen LogP contribution < -0.4 is 5.73 Å². The molecule has 3 N–H and O–H groups in total. The molecule has 1 aromatic rings. The third-order valence-corrected chi connectivity index (χ3v) is 4.68. The van der Waals surface area contributed by atoms with Gasteiger partial charge in [-0.15, -0.1) is 0 Å². The molecule has 0 aromatic heterocycles. The van der Waals surface area contributed by atoms with Gasteiger partial charge in [0.2, 0.25) is 0 Å². The first-order valence-corrected chi connectivity index (χ1v) is 6.57. The number of aliphatic hydroxyl groups excluding tert-OH is 1. The van der Waals surface area contributed by atoms with Crippen molar-refractivity contribution in [2.45, 2.75) is 25.0 Å². The molecule has 0 heterocycles. The van der Waals surface area contributed by atoms with Crippen LogP contribution in [0.5, 0.6) is 0 Å². The summed E-state index contributed by atoms with van der Waals surface area (Å²) in [5.41, 5.74) is 6.99. The predicted molar refractivity (Wildman–Crippen MR) is 67.5 cm³/mol. The topological polar surface area (TPSA) is 46.2 Å². The first kappa shape index (κ1) is 11.6. The van der Waals surface area contributed by atoms with Crippen LogP contribution in [0.1, 0.15) is 24.4 Å². The first-order chi connectivity index (χ1) is 7.09. The Bertz CT molecular complexity index is 366. The summed E-state index contributed by atoms with van der Waals surface area (Å²) >= 11 is 6.84. The Hall–Kier alpha value is 0.1000. The maximum absolute atomic E-state index is 9.92. The van der Waals surface area contributed by atoms with Gasteiger partial charge in [-0.2, -0.15) is 0 Å². The fourth-order valence-electron chi connectivity index (χ4n) is 1.65. The van der Waals surface area contributed by atoms with Crippen LogP contribution in [0.4, 0.5) is 0 Å². The van der Waals surface area contributed by atoms with Crippen LogP contribution >= 0.6 is 31.9 Å². The van der Waals surface area contributed by atoms with E-state index in [1.54, 1.807) is 0 Å². The Morgan fingerprint density at radius 1 is 1.27 bits per heavy atom. The maximum atomic E-state index is 9.92. The van der Waals surface area contributed by atoms with Crippen LogP contribution in [0.3, 0.4) is 0 Å². The van der Waals surface area contributed by atoms with E-state index in [0.717, 1.165) is 27.4 Å². The molecule has 4 heteroatoms. The van der Waals surface area contributed by atoms with Crippen LogP contribution in [0.15, 0.2) is 27.1 Å². The molecule has 0 radical (unpaired) electrons. The van der Waals surface area contributed by atoms with Gasteiger partial charge in [0.25, 0.3) is 0 Å². The molecule has 1 fully saturated rings. The number of nitrogens with two attached hydrogens (primary N) is 1. The minimum absolute atomic E-state index is 0.276. The number of hydrogen-bond acceptors (Lipinski definition) is 2. The molecule has 0 saturated heterocycles. The van der Waals surface area contributed by atoms with Crippen molar-refractivity contribution in [2.75, 3.05) is 0 Å². The average Bonchev–Trinajstić information content (AvgIpc) is 3.03. The summed E-state index contributed by atoms with van der Waals surface area (Å²) in [6, 6.07) is 5.58. The molecule has 1 saturated carbocycles. The van der Waals surface area contributed by atoms with Crippen LogP contribution in [-0.4, -0.2) is 11.2 Å². The van der Waals surface area contributed by atoms with Gasteiger partial charge in [-0.3, -0.25) is 0 Å². The van der Waals surface area contributed by atoms with Crippen molar-refractivity contribution in [3.05, 3.63) is 32.7 Å². The van der Waals surface area contributed by atoms with E-state index in [2.05, 4.69) is 31.9 Å². The molecule has 1 aliphatic carbocycles. The Morgan fingerprint density at radius 2 is 1.93 bits per heavy atom. The molecule has 0 bridgehead atoms. The van der Waals surface area contributed by atoms with Crippen molar-refractivity contribution in [3.8, 4) is 0 Å². The highest BCUT2D eigenvalue weighted by Crippen LogP contribution is 2.38. The van der Waals surface area contributed by atoms with Gasteiger partial charge >= 0.3 is 0 Å². The summed E-state index contributed by atoms with van der Waals surface area (Å²) in [4.78, 5) is 0. The highest BCUT2D eigenvalue weighted by atomic mass is 79.9. The van der Waals surface area contributed by atoms with E-state index in [4.69, 9.17) is 5.73 Å². The number of aliphatic hydroxyl groups is 1. The lowest BCUT2D eigenvalue weighted by Gasteiger charge is -2.19. The summed E-state index contributed by atoms with van der Waals surface area (Å²) in [7, 11) is 0. The van der Waals surface area contributed by atoms with Gasteiger partial charge in [0.05, 0.1) is 12.1 Å². The van der Waals surface area contributed by atoms with Gasteiger partial charge in [-0.25, -0.2) is 0 Å². The summed E-state index contributed by atoms with van der Waals surface area (Å²) in [5.74, 6) is 0.405. The molecule has 2 atom stereocenters. The second kappa shape index (κ2) is 4.53. The lowest BCUT2D eigenvalue weighted by molar-refractivity contribution is 0.122. The minimum Gasteiger partial charge on any atom is -0.391 e. The standard InChI is InChI=1S/C11H13Br2NO/c12-8-4-3-7(5-9(8)13)10(14)11(15)6-1-2-6/h3-6,10-11,15H,1-2,14H2/t10-,11+/m1/s1. The molecule has 2 nitrogen and oxygen atoms in total. The zero-order chi connectivity index (χ0) is 11.0. The molecular weight excluding hydrogens is 322 g/mol. The van der Waals surface area contributed by atoms with Crippen molar-refractivity contribution in [2.24, 2.45) is 11.7 Å². The van der Waals surface area contributed by atoms with Gasteiger partial charge in [0, 0.05) is 8.95 Å². The Kier molecular flexibility index (Phi) is 3.50. The van der Waals surface area contributed by atoms with Gasteiger partial charge < -0.3 is 10.8 Å². The van der Waals surface area contributed by atoms with E-state index in [1.807, 2.05) is 18.2 Å². The molecule has 82 valence electrons. The highest BCUT2D eigenvalue weighted by Gasteiger charge is 2.34. The minimum atomic E-state index is -0.405. The molecule has 2 rings (SSSR count). The maximum Gasteiger partial charge on any atom is 0.0760 e. The second-order valence-electron chi connectivity index (χ2n) is 4.03. The normalized spacial score (nSPS) is 20.0. The number of rotatable bonds is 3. The SMILES string of the molecule is N[C@H](c1ccc(Br)c(Br)c1)[C@@H](O)C1CC1. The molecule has 0 unspecified atom stereocenters. The molecule has 0 aliphatic heterocycles. The predicted octanol–water partition coefficient (Wildman–Crippen LogP) is 2.98. The third kappa shape index (κ3) is 2.61. The molecule has 0 amide bonds. The fraction of sp³-hybridized carbons (Fsp3) is 0.455. The summed E-state index contributed by atoms with van der Waals surface area (Å²) in [5, 5.41) is 9.92. The number of halogens is 2.